The van der Waals surface area contributed by atoms with Gasteiger partial charge in [0.25, 0.3) is 5.69 Å². The molecule has 2 aromatic carbocycles. The molecule has 0 aliphatic rings. The van der Waals surface area contributed by atoms with Crippen molar-refractivity contribution in [1.29, 1.82) is 0 Å². The molecule has 0 radical (unpaired) electrons. The van der Waals surface area contributed by atoms with Crippen molar-refractivity contribution in [2.45, 2.75) is 23.1 Å². The summed E-state index contributed by atoms with van der Waals surface area (Å²) in [4.78, 5) is 27.9. The number of esters is 1. The Hall–Kier alpha value is -3.31. The summed E-state index contributed by atoms with van der Waals surface area (Å²) in [5, 5.41) is 17.4. The molecule has 0 amide bonds. The van der Waals surface area contributed by atoms with Gasteiger partial charge >= 0.3 is 5.97 Å². The Bertz CT molecular complexity index is 1100. The van der Waals surface area contributed by atoms with Crippen LogP contribution in [0.25, 0.3) is 0 Å². The molecule has 1 heterocycles. The van der Waals surface area contributed by atoms with Gasteiger partial charge in [0.1, 0.15) is 5.82 Å². The number of carbonyl (C=O) groups excluding carboxylic acids is 1. The Balaban J connectivity index is 1.74. The largest absolute Gasteiger partial charge is 0.466 e. The van der Waals surface area contributed by atoms with Gasteiger partial charge in [0.05, 0.1) is 29.9 Å². The third-order valence-electron chi connectivity index (χ3n) is 3.79. The molecule has 1 aromatic heterocycles. The minimum atomic E-state index is -0.487. The molecular formula is C20H17FN4O4S2. The fourth-order valence-corrected chi connectivity index (χ4v) is 3.98. The number of nitrogens with one attached hydrogen (secondary N) is 1. The van der Waals surface area contributed by atoms with Gasteiger partial charge in [-0.1, -0.05) is 11.8 Å². The first-order valence-corrected chi connectivity index (χ1v) is 10.7. The molecule has 0 saturated carbocycles. The highest BCUT2D eigenvalue weighted by atomic mass is 32.2. The van der Waals surface area contributed by atoms with E-state index < -0.39 is 4.92 Å². The zero-order valence-corrected chi connectivity index (χ0v) is 17.9. The van der Waals surface area contributed by atoms with Crippen LogP contribution >= 0.6 is 23.1 Å². The van der Waals surface area contributed by atoms with Crippen LogP contribution in [0.5, 0.6) is 0 Å². The lowest BCUT2D eigenvalue weighted by Gasteiger charge is -2.06. The zero-order valence-electron chi connectivity index (χ0n) is 16.3. The summed E-state index contributed by atoms with van der Waals surface area (Å²) in [6.07, 6.45) is 1.52. The van der Waals surface area contributed by atoms with Gasteiger partial charge in [-0.25, -0.2) is 9.37 Å². The molecule has 0 atom stereocenters. The van der Waals surface area contributed by atoms with Crippen LogP contribution in [-0.4, -0.2) is 28.7 Å². The number of nitrogens with zero attached hydrogens (tertiary/aromatic N) is 3. The predicted molar refractivity (Wildman–Crippen MR) is 117 cm³/mol. The van der Waals surface area contributed by atoms with Crippen molar-refractivity contribution in [2.75, 3.05) is 12.0 Å². The molecule has 0 fully saturated rings. The van der Waals surface area contributed by atoms with Gasteiger partial charge in [-0.05, 0) is 37.3 Å². The van der Waals surface area contributed by atoms with Crippen LogP contribution in [0.15, 0.2) is 62.7 Å². The summed E-state index contributed by atoms with van der Waals surface area (Å²) in [6, 6.07) is 10.4. The van der Waals surface area contributed by atoms with Crippen molar-refractivity contribution in [3.8, 4) is 0 Å². The first kappa shape index (κ1) is 22.4. The number of hydrogen-bond acceptors (Lipinski definition) is 9. The monoisotopic (exact) mass is 460 g/mol. The van der Waals surface area contributed by atoms with E-state index in [2.05, 4.69) is 15.5 Å². The maximum atomic E-state index is 13.1. The number of hydrogen-bond donors (Lipinski definition) is 1. The second-order valence-corrected chi connectivity index (χ2v) is 8.00. The molecule has 8 nitrogen and oxygen atoms in total. The quantitative estimate of drug-likeness (QED) is 0.210. The number of nitro benzene ring substituents is 1. The third-order valence-corrected chi connectivity index (χ3v) is 5.69. The highest BCUT2D eigenvalue weighted by molar-refractivity contribution is 7.99. The minimum absolute atomic E-state index is 0.0685. The number of rotatable bonds is 9. The van der Waals surface area contributed by atoms with E-state index in [0.717, 1.165) is 4.90 Å². The van der Waals surface area contributed by atoms with E-state index in [-0.39, 0.29) is 23.9 Å². The van der Waals surface area contributed by atoms with Crippen LogP contribution in [0.4, 0.5) is 15.2 Å². The summed E-state index contributed by atoms with van der Waals surface area (Å²) >= 11 is 2.60. The van der Waals surface area contributed by atoms with E-state index in [1.165, 1.54) is 53.6 Å². The maximum Gasteiger partial charge on any atom is 0.311 e. The Morgan fingerprint density at radius 2 is 2.13 bits per heavy atom. The van der Waals surface area contributed by atoms with E-state index in [1.807, 2.05) is 0 Å². The standard InChI is InChI=1S/C20H17FN4O4S2/c1-2-29-19(26)10-15-12-30-20(23-15)24-22-11-13-9-16(25(27)28)5-8-18(13)31-17-6-3-14(21)4-7-17/h3-9,11-12H,2,10H2,1H3,(H,23,24). The summed E-state index contributed by atoms with van der Waals surface area (Å²) < 4.78 is 18.0. The van der Waals surface area contributed by atoms with Crippen LogP contribution in [0.2, 0.25) is 0 Å². The maximum absolute atomic E-state index is 13.1. The van der Waals surface area contributed by atoms with Crippen molar-refractivity contribution < 1.29 is 18.8 Å². The van der Waals surface area contributed by atoms with Gasteiger partial charge in [-0.15, -0.1) is 11.3 Å². The number of nitro groups is 1. The lowest BCUT2D eigenvalue weighted by atomic mass is 10.2. The van der Waals surface area contributed by atoms with Crippen LogP contribution in [-0.2, 0) is 16.0 Å². The van der Waals surface area contributed by atoms with Crippen LogP contribution < -0.4 is 5.43 Å². The first-order chi connectivity index (χ1) is 14.9. The smallest absolute Gasteiger partial charge is 0.311 e. The molecule has 1 N–H and O–H groups in total. The van der Waals surface area contributed by atoms with Crippen LogP contribution in [0, 0.1) is 15.9 Å². The number of hydrazone groups is 1. The number of aromatic nitrogens is 1. The van der Waals surface area contributed by atoms with Gasteiger partial charge in [-0.3, -0.25) is 20.3 Å². The van der Waals surface area contributed by atoms with Crippen LogP contribution in [0.3, 0.4) is 0 Å². The summed E-state index contributed by atoms with van der Waals surface area (Å²) in [5.74, 6) is -0.702. The van der Waals surface area contributed by atoms with E-state index >= 15 is 0 Å². The van der Waals surface area contributed by atoms with Gasteiger partial charge in [-0.2, -0.15) is 5.10 Å². The molecule has 0 aliphatic heterocycles. The second-order valence-electron chi connectivity index (χ2n) is 6.03. The molecule has 0 bridgehead atoms. The van der Waals surface area contributed by atoms with E-state index in [1.54, 1.807) is 30.5 Å². The SMILES string of the molecule is CCOC(=O)Cc1csc(NN=Cc2cc([N+](=O)[O-])ccc2Sc2ccc(F)cc2)n1. The van der Waals surface area contributed by atoms with E-state index in [9.17, 15) is 19.3 Å². The molecule has 0 aliphatic carbocycles. The molecule has 160 valence electrons. The van der Waals surface area contributed by atoms with Gasteiger partial charge in [0.15, 0.2) is 0 Å². The number of benzene rings is 2. The third kappa shape index (κ3) is 6.59. The Kier molecular flexibility index (Phi) is 7.68. The molecule has 0 unspecified atom stereocenters. The molecule has 3 rings (SSSR count). The van der Waals surface area contributed by atoms with E-state index in [0.29, 0.717) is 27.9 Å². The summed E-state index contributed by atoms with van der Waals surface area (Å²) in [5.41, 5.74) is 3.76. The molecular weight excluding hydrogens is 443 g/mol. The first-order valence-electron chi connectivity index (χ1n) is 9.05. The van der Waals surface area contributed by atoms with E-state index in [4.69, 9.17) is 4.74 Å². The number of non-ortho nitro benzene ring substituents is 1. The van der Waals surface area contributed by atoms with Crippen molar-refractivity contribution in [2.24, 2.45) is 5.10 Å². The number of halogens is 1. The fourth-order valence-electron chi connectivity index (χ4n) is 2.43. The zero-order chi connectivity index (χ0) is 22.2. The molecule has 0 spiro atoms. The average molecular weight is 461 g/mol. The van der Waals surface area contributed by atoms with Crippen molar-refractivity contribution >= 4 is 46.1 Å². The van der Waals surface area contributed by atoms with Crippen molar-refractivity contribution in [1.82, 2.24) is 4.98 Å². The molecule has 0 saturated heterocycles. The highest BCUT2D eigenvalue weighted by Gasteiger charge is 2.12. The van der Waals surface area contributed by atoms with Crippen molar-refractivity contribution in [3.63, 3.8) is 0 Å². The second kappa shape index (κ2) is 10.6. The number of ether oxygens (including phenoxy) is 1. The topological polar surface area (TPSA) is 107 Å². The average Bonchev–Trinajstić information content (AvgIpc) is 3.17. The Labute approximate surface area is 185 Å². The van der Waals surface area contributed by atoms with Gasteiger partial charge < -0.3 is 4.74 Å². The minimum Gasteiger partial charge on any atom is -0.466 e. The number of thiazole rings is 1. The molecule has 3 aromatic rings. The predicted octanol–water partition coefficient (Wildman–Crippen LogP) is 4.89. The number of anilines is 1. The Morgan fingerprint density at radius 3 is 2.84 bits per heavy atom. The van der Waals surface area contributed by atoms with Crippen molar-refractivity contribution in [3.05, 3.63) is 75.0 Å². The highest BCUT2D eigenvalue weighted by Crippen LogP contribution is 2.32. The normalized spacial score (nSPS) is 10.9. The number of carbonyl (C=O) groups is 1. The fraction of sp³-hybridized carbons (Fsp3) is 0.150. The lowest BCUT2D eigenvalue weighted by molar-refractivity contribution is -0.384. The summed E-state index contributed by atoms with van der Waals surface area (Å²) in [7, 11) is 0. The summed E-state index contributed by atoms with van der Waals surface area (Å²) in [6.45, 7) is 2.04. The molecule has 31 heavy (non-hydrogen) atoms. The lowest BCUT2D eigenvalue weighted by Crippen LogP contribution is -2.07. The van der Waals surface area contributed by atoms with Gasteiger partial charge in [0, 0.05) is 32.9 Å². The molecule has 11 heteroatoms. The van der Waals surface area contributed by atoms with Crippen LogP contribution in [0.1, 0.15) is 18.2 Å². The van der Waals surface area contributed by atoms with Gasteiger partial charge in [0.2, 0.25) is 5.13 Å². The Morgan fingerprint density at radius 1 is 1.35 bits per heavy atom.